The Kier molecular flexibility index (Phi) is 3.38. The molecule has 0 spiro atoms. The van der Waals surface area contributed by atoms with Gasteiger partial charge in [0.05, 0.1) is 0 Å². The Morgan fingerprint density at radius 1 is 1.29 bits per heavy atom. The van der Waals surface area contributed by atoms with E-state index in [2.05, 4.69) is 31.3 Å². The predicted octanol–water partition coefficient (Wildman–Crippen LogP) is -0.124. The molecule has 0 bridgehead atoms. The van der Waals surface area contributed by atoms with Crippen LogP contribution in [0.15, 0.2) is 18.2 Å². The van der Waals surface area contributed by atoms with Crippen LogP contribution in [0.4, 0.5) is 0 Å². The zero-order chi connectivity index (χ0) is 12.5. The molecule has 1 heterocycles. The monoisotopic (exact) mass is 231 g/mol. The van der Waals surface area contributed by atoms with E-state index in [-0.39, 0.29) is 0 Å². The minimum Gasteiger partial charge on any atom is -0.467 e. The molecule has 1 aromatic rings. The number of benzene rings is 1. The molecule has 0 fully saturated rings. The van der Waals surface area contributed by atoms with E-state index in [1.54, 1.807) is 0 Å². The van der Waals surface area contributed by atoms with Crippen molar-refractivity contribution in [2.24, 2.45) is 0 Å². The van der Waals surface area contributed by atoms with Crippen LogP contribution in [0.25, 0.3) is 0 Å². The van der Waals surface area contributed by atoms with E-state index < -0.39 is 5.59 Å². The number of likely N-dealkylation sites (N-methyl/N-ethyl adjacent to an activating group) is 1. The lowest BCUT2D eigenvalue weighted by Crippen LogP contribution is -2.39. The highest BCUT2D eigenvalue weighted by atomic mass is 16.7. The van der Waals surface area contributed by atoms with Crippen molar-refractivity contribution in [1.82, 2.24) is 5.32 Å². The average Bonchev–Trinajstić information content (AvgIpc) is 2.51. The molecule has 1 aliphatic heterocycles. The van der Waals surface area contributed by atoms with Gasteiger partial charge in [-0.25, -0.2) is 0 Å². The van der Waals surface area contributed by atoms with E-state index in [4.69, 9.17) is 9.47 Å². The van der Waals surface area contributed by atoms with Crippen molar-refractivity contribution in [3.63, 3.8) is 0 Å². The van der Waals surface area contributed by atoms with Gasteiger partial charge in [0.2, 0.25) is 0 Å². The van der Waals surface area contributed by atoms with Gasteiger partial charge >= 0.3 is 0 Å². The van der Waals surface area contributed by atoms with Crippen molar-refractivity contribution in [2.45, 2.75) is 31.9 Å². The summed E-state index contributed by atoms with van der Waals surface area (Å²) in [6.07, 6.45) is 1.00. The largest absolute Gasteiger partial charge is 0.467 e. The van der Waals surface area contributed by atoms with Crippen molar-refractivity contribution in [3.05, 3.63) is 23.8 Å². The van der Waals surface area contributed by atoms with E-state index in [0.717, 1.165) is 24.5 Å². The fourth-order valence-electron chi connectivity index (χ4n) is 2.17. The first-order chi connectivity index (χ1) is 8.00. The molecule has 90 valence electrons. The standard InChI is InChI=1S/C12H19B2NO2/c1-3-15-8(2)6-9-4-5-10-11(7-9)17-12(13,14)16-10/h4-5,7-8,15H,3,6,13-14H2,1-2H3/t8-/m1/s1. The van der Waals surface area contributed by atoms with Gasteiger partial charge in [0.15, 0.2) is 32.8 Å². The summed E-state index contributed by atoms with van der Waals surface area (Å²) in [5, 5.41) is 3.41. The van der Waals surface area contributed by atoms with Gasteiger partial charge < -0.3 is 14.8 Å². The van der Waals surface area contributed by atoms with Crippen molar-refractivity contribution in [1.29, 1.82) is 0 Å². The Balaban J connectivity index is 2.08. The summed E-state index contributed by atoms with van der Waals surface area (Å²) in [4.78, 5) is 0. The highest BCUT2D eigenvalue weighted by Gasteiger charge is 2.30. The van der Waals surface area contributed by atoms with Gasteiger partial charge in [-0.15, -0.1) is 0 Å². The van der Waals surface area contributed by atoms with Crippen LogP contribution < -0.4 is 14.8 Å². The summed E-state index contributed by atoms with van der Waals surface area (Å²) < 4.78 is 11.4. The van der Waals surface area contributed by atoms with Crippen LogP contribution in [0.2, 0.25) is 0 Å². The van der Waals surface area contributed by atoms with Gasteiger partial charge in [0.1, 0.15) is 0 Å². The van der Waals surface area contributed by atoms with Crippen molar-refractivity contribution >= 4 is 15.7 Å². The first-order valence-electron chi connectivity index (χ1n) is 6.24. The van der Waals surface area contributed by atoms with E-state index in [1.807, 2.05) is 21.8 Å². The summed E-state index contributed by atoms with van der Waals surface area (Å²) >= 11 is 0. The smallest absolute Gasteiger partial charge is 0.197 e. The molecule has 2 rings (SSSR count). The van der Waals surface area contributed by atoms with Crippen LogP contribution in [0, 0.1) is 0 Å². The third-order valence-corrected chi connectivity index (χ3v) is 2.81. The molecular formula is C12H19B2NO2. The Morgan fingerprint density at radius 2 is 2.00 bits per heavy atom. The van der Waals surface area contributed by atoms with Gasteiger partial charge in [0, 0.05) is 6.04 Å². The minimum atomic E-state index is -0.533. The molecule has 5 heteroatoms. The van der Waals surface area contributed by atoms with Crippen molar-refractivity contribution in [3.8, 4) is 11.5 Å². The maximum Gasteiger partial charge on any atom is 0.197 e. The lowest BCUT2D eigenvalue weighted by molar-refractivity contribution is 0.0833. The Labute approximate surface area is 105 Å². The maximum absolute atomic E-state index is 5.73. The molecule has 3 nitrogen and oxygen atoms in total. The molecular weight excluding hydrogens is 212 g/mol. The minimum absolute atomic E-state index is 0.480. The normalized spacial score (nSPS) is 18.0. The molecule has 1 aromatic carbocycles. The van der Waals surface area contributed by atoms with Gasteiger partial charge in [-0.3, -0.25) is 0 Å². The van der Waals surface area contributed by atoms with E-state index in [1.165, 1.54) is 5.56 Å². The highest BCUT2D eigenvalue weighted by Crippen LogP contribution is 2.37. The summed E-state index contributed by atoms with van der Waals surface area (Å²) in [5.41, 5.74) is 0.743. The summed E-state index contributed by atoms with van der Waals surface area (Å²) in [5.74, 6) is 1.70. The molecule has 1 atom stereocenters. The molecule has 17 heavy (non-hydrogen) atoms. The van der Waals surface area contributed by atoms with Gasteiger partial charge in [0.25, 0.3) is 0 Å². The molecule has 0 radical (unpaired) electrons. The van der Waals surface area contributed by atoms with Gasteiger partial charge in [-0.05, 0) is 37.6 Å². The molecule has 0 saturated heterocycles. The van der Waals surface area contributed by atoms with Crippen LogP contribution in [0.1, 0.15) is 19.4 Å². The number of hydrogen-bond acceptors (Lipinski definition) is 3. The molecule has 0 amide bonds. The van der Waals surface area contributed by atoms with Gasteiger partial charge in [-0.1, -0.05) is 13.0 Å². The summed E-state index contributed by atoms with van der Waals surface area (Å²) in [6.45, 7) is 5.31. The van der Waals surface area contributed by atoms with Crippen LogP contribution in [0.3, 0.4) is 0 Å². The number of fused-ring (bicyclic) bond motifs is 1. The molecule has 0 aliphatic carbocycles. The maximum atomic E-state index is 5.73. The predicted molar refractivity (Wildman–Crippen MR) is 74.4 cm³/mol. The molecule has 0 unspecified atom stereocenters. The SMILES string of the molecule is BC1(B)Oc2ccc(C[C@@H](C)NCC)cc2O1. The second-order valence-electron chi connectivity index (χ2n) is 5.05. The molecule has 0 aromatic heterocycles. The van der Waals surface area contributed by atoms with E-state index >= 15 is 0 Å². The second kappa shape index (κ2) is 4.65. The Bertz CT molecular complexity index is 409. The number of nitrogens with one attached hydrogen (secondary N) is 1. The van der Waals surface area contributed by atoms with E-state index in [9.17, 15) is 0 Å². The second-order valence-corrected chi connectivity index (χ2v) is 5.05. The molecule has 1 N–H and O–H groups in total. The topological polar surface area (TPSA) is 30.5 Å². The Morgan fingerprint density at radius 3 is 2.71 bits per heavy atom. The van der Waals surface area contributed by atoms with Crippen LogP contribution in [-0.2, 0) is 6.42 Å². The van der Waals surface area contributed by atoms with Crippen LogP contribution >= 0.6 is 0 Å². The molecule has 1 aliphatic rings. The van der Waals surface area contributed by atoms with Crippen LogP contribution in [0.5, 0.6) is 11.5 Å². The van der Waals surface area contributed by atoms with Crippen LogP contribution in [-0.4, -0.2) is 33.9 Å². The third kappa shape index (κ3) is 2.97. The first kappa shape index (κ1) is 12.4. The summed E-state index contributed by atoms with van der Waals surface area (Å²) in [6, 6.07) is 6.67. The lowest BCUT2D eigenvalue weighted by atomic mass is 9.76. The zero-order valence-electron chi connectivity index (χ0n) is 11.0. The number of ether oxygens (including phenoxy) is 2. The lowest BCUT2D eigenvalue weighted by Gasteiger charge is -2.17. The first-order valence-corrected chi connectivity index (χ1v) is 6.24. The molecule has 0 saturated carbocycles. The zero-order valence-corrected chi connectivity index (χ0v) is 11.0. The highest BCUT2D eigenvalue weighted by molar-refractivity contribution is 6.38. The quantitative estimate of drug-likeness (QED) is 0.732. The number of hydrogen-bond donors (Lipinski definition) is 1. The fraction of sp³-hybridized carbons (Fsp3) is 0.500. The average molecular weight is 231 g/mol. The van der Waals surface area contributed by atoms with Crippen molar-refractivity contribution < 1.29 is 9.47 Å². The van der Waals surface area contributed by atoms with Crippen molar-refractivity contribution in [2.75, 3.05) is 6.54 Å². The third-order valence-electron chi connectivity index (χ3n) is 2.81. The van der Waals surface area contributed by atoms with Gasteiger partial charge in [-0.2, -0.15) is 0 Å². The number of rotatable bonds is 4. The fourth-order valence-corrected chi connectivity index (χ4v) is 2.17. The summed E-state index contributed by atoms with van der Waals surface area (Å²) in [7, 11) is 3.85. The Hall–Kier alpha value is -1.09. The van der Waals surface area contributed by atoms with E-state index in [0.29, 0.717) is 6.04 Å².